The molecule has 0 aromatic heterocycles. The molecular formula is C12H27NaOS. The Balaban J connectivity index is 0. The molecule has 0 saturated heterocycles. The first-order chi connectivity index (χ1) is 6.91. The van der Waals surface area contributed by atoms with Crippen molar-refractivity contribution in [2.75, 3.05) is 6.61 Å². The van der Waals surface area contributed by atoms with Crippen molar-refractivity contribution in [3.63, 3.8) is 0 Å². The van der Waals surface area contributed by atoms with Crippen molar-refractivity contribution in [1.29, 1.82) is 0 Å². The van der Waals surface area contributed by atoms with Crippen LogP contribution >= 0.6 is 12.9 Å². The van der Waals surface area contributed by atoms with Gasteiger partial charge in [0.2, 0.25) is 0 Å². The Bertz CT molecular complexity index is 89.6. The maximum absolute atomic E-state index is 4.71. The summed E-state index contributed by atoms with van der Waals surface area (Å²) in [5, 5.41) is 0. The summed E-state index contributed by atoms with van der Waals surface area (Å²) in [4.78, 5) is 0. The Morgan fingerprint density at radius 1 is 0.733 bits per heavy atom. The number of thiol groups is 1. The quantitative estimate of drug-likeness (QED) is 0.248. The fourth-order valence-corrected chi connectivity index (χ4v) is 1.78. The van der Waals surface area contributed by atoms with E-state index in [1.54, 1.807) is 0 Å². The van der Waals surface area contributed by atoms with Gasteiger partial charge in [0.1, 0.15) is 0 Å². The van der Waals surface area contributed by atoms with Gasteiger partial charge in [-0.2, -0.15) is 0 Å². The number of hydrogen-bond donors (Lipinski definition) is 1. The second kappa shape index (κ2) is 17.7. The van der Waals surface area contributed by atoms with Crippen LogP contribution in [0.1, 0.15) is 71.1 Å². The van der Waals surface area contributed by atoms with Crippen LogP contribution < -0.4 is 0 Å². The molecule has 15 heavy (non-hydrogen) atoms. The molecule has 0 bridgehead atoms. The summed E-state index contributed by atoms with van der Waals surface area (Å²) in [7, 11) is 0. The summed E-state index contributed by atoms with van der Waals surface area (Å²) in [5.74, 6) is 0. The van der Waals surface area contributed by atoms with E-state index in [4.69, 9.17) is 4.18 Å². The van der Waals surface area contributed by atoms with Crippen LogP contribution in [-0.2, 0) is 4.18 Å². The second-order valence-electron chi connectivity index (χ2n) is 4.02. The molecule has 0 fully saturated rings. The van der Waals surface area contributed by atoms with Crippen LogP contribution in [0.5, 0.6) is 0 Å². The topological polar surface area (TPSA) is 9.23 Å². The van der Waals surface area contributed by atoms with Gasteiger partial charge in [0.25, 0.3) is 0 Å². The second-order valence-corrected chi connectivity index (χ2v) is 4.27. The van der Waals surface area contributed by atoms with Crippen molar-refractivity contribution >= 4 is 42.5 Å². The van der Waals surface area contributed by atoms with Gasteiger partial charge in [0.05, 0.1) is 6.61 Å². The van der Waals surface area contributed by atoms with Crippen LogP contribution in [0.3, 0.4) is 0 Å². The van der Waals surface area contributed by atoms with E-state index in [2.05, 4.69) is 19.8 Å². The van der Waals surface area contributed by atoms with E-state index in [0.29, 0.717) is 0 Å². The van der Waals surface area contributed by atoms with Crippen molar-refractivity contribution < 1.29 is 4.18 Å². The van der Waals surface area contributed by atoms with Crippen LogP contribution in [0.25, 0.3) is 0 Å². The zero-order valence-corrected chi connectivity index (χ0v) is 10.5. The van der Waals surface area contributed by atoms with Gasteiger partial charge in [-0.25, -0.2) is 0 Å². The van der Waals surface area contributed by atoms with Crippen LogP contribution in [0.15, 0.2) is 0 Å². The molecule has 3 heteroatoms. The van der Waals surface area contributed by atoms with Gasteiger partial charge in [0.15, 0.2) is 0 Å². The van der Waals surface area contributed by atoms with Crippen molar-refractivity contribution in [2.24, 2.45) is 0 Å². The van der Waals surface area contributed by atoms with Crippen LogP contribution in [0.4, 0.5) is 0 Å². The van der Waals surface area contributed by atoms with E-state index in [9.17, 15) is 0 Å². The SMILES string of the molecule is CCCCCCCCCCCCOS.[NaH]. The Morgan fingerprint density at radius 3 is 1.53 bits per heavy atom. The Labute approximate surface area is 124 Å². The van der Waals surface area contributed by atoms with Crippen LogP contribution in [0.2, 0.25) is 0 Å². The molecule has 0 amide bonds. The molecule has 0 unspecified atom stereocenters. The molecule has 0 atom stereocenters. The summed E-state index contributed by atoms with van der Waals surface area (Å²) in [6.45, 7) is 3.07. The molecule has 0 aliphatic heterocycles. The average molecular weight is 242 g/mol. The van der Waals surface area contributed by atoms with E-state index in [0.717, 1.165) is 6.61 Å². The van der Waals surface area contributed by atoms with E-state index in [1.807, 2.05) is 0 Å². The zero-order valence-electron chi connectivity index (χ0n) is 9.63. The van der Waals surface area contributed by atoms with Gasteiger partial charge in [0, 0.05) is 0 Å². The normalized spacial score (nSPS) is 10.0. The van der Waals surface area contributed by atoms with Gasteiger partial charge in [-0.15, -0.1) is 0 Å². The first-order valence-corrected chi connectivity index (χ1v) is 6.54. The predicted molar refractivity (Wildman–Crippen MR) is 73.9 cm³/mol. The minimum absolute atomic E-state index is 0. The van der Waals surface area contributed by atoms with Crippen LogP contribution in [-0.4, -0.2) is 36.2 Å². The zero-order chi connectivity index (χ0) is 10.5. The van der Waals surface area contributed by atoms with Gasteiger partial charge in [-0.3, -0.25) is 0 Å². The molecule has 0 aromatic rings. The maximum atomic E-state index is 4.71. The number of hydrogen-bond acceptors (Lipinski definition) is 2. The molecule has 1 nitrogen and oxygen atoms in total. The molecular weight excluding hydrogens is 215 g/mol. The Morgan fingerprint density at radius 2 is 1.13 bits per heavy atom. The summed E-state index contributed by atoms with van der Waals surface area (Å²) < 4.78 is 4.71. The van der Waals surface area contributed by atoms with Crippen molar-refractivity contribution in [3.8, 4) is 0 Å². The van der Waals surface area contributed by atoms with Gasteiger partial charge < -0.3 is 4.18 Å². The molecule has 0 rings (SSSR count). The summed E-state index contributed by atoms with van der Waals surface area (Å²) in [6.07, 6.45) is 13.7. The Kier molecular flexibility index (Phi) is 22.0. The van der Waals surface area contributed by atoms with Gasteiger partial charge >= 0.3 is 29.6 Å². The molecule has 88 valence electrons. The third kappa shape index (κ3) is 17.9. The van der Waals surface area contributed by atoms with Crippen molar-refractivity contribution in [3.05, 3.63) is 0 Å². The van der Waals surface area contributed by atoms with E-state index in [1.165, 1.54) is 64.2 Å². The third-order valence-electron chi connectivity index (χ3n) is 2.59. The Hall–Kier alpha value is 1.31. The van der Waals surface area contributed by atoms with Crippen molar-refractivity contribution in [2.45, 2.75) is 71.1 Å². The summed E-state index contributed by atoms with van der Waals surface area (Å²) in [6, 6.07) is 0. The predicted octanol–water partition coefficient (Wildman–Crippen LogP) is 4.12. The number of rotatable bonds is 11. The monoisotopic (exact) mass is 242 g/mol. The molecule has 0 aliphatic carbocycles. The molecule has 0 aromatic carbocycles. The van der Waals surface area contributed by atoms with Gasteiger partial charge in [-0.05, 0) is 19.3 Å². The molecule has 0 radical (unpaired) electrons. The molecule has 0 spiro atoms. The van der Waals surface area contributed by atoms with Crippen molar-refractivity contribution in [1.82, 2.24) is 0 Å². The molecule has 0 aliphatic rings. The fraction of sp³-hybridized carbons (Fsp3) is 1.00. The van der Waals surface area contributed by atoms with E-state index < -0.39 is 0 Å². The standard InChI is InChI=1S/C12H26OS.Na.H/c1-2-3-4-5-6-7-8-9-10-11-12-13-14;;/h14H,2-12H2,1H3;;. The van der Waals surface area contributed by atoms with Gasteiger partial charge in [-0.1, -0.05) is 64.7 Å². The minimum atomic E-state index is 0. The van der Waals surface area contributed by atoms with E-state index >= 15 is 0 Å². The third-order valence-corrected chi connectivity index (χ3v) is 2.77. The molecule has 0 N–H and O–H groups in total. The number of unbranched alkanes of at least 4 members (excludes halogenated alkanes) is 9. The summed E-state index contributed by atoms with van der Waals surface area (Å²) in [5.41, 5.74) is 0. The van der Waals surface area contributed by atoms with E-state index in [-0.39, 0.29) is 29.6 Å². The fourth-order valence-electron chi connectivity index (χ4n) is 1.65. The van der Waals surface area contributed by atoms with Crippen LogP contribution in [0, 0.1) is 0 Å². The first kappa shape index (κ1) is 18.7. The molecule has 0 saturated carbocycles. The summed E-state index contributed by atoms with van der Waals surface area (Å²) >= 11 is 3.71. The first-order valence-electron chi connectivity index (χ1n) is 6.18. The average Bonchev–Trinajstić information content (AvgIpc) is 2.21. The molecule has 0 heterocycles.